The molecule has 98 valence electrons. The van der Waals surface area contributed by atoms with E-state index in [1.165, 1.54) is 6.39 Å². The van der Waals surface area contributed by atoms with Gasteiger partial charge in [0.05, 0.1) is 12.2 Å². The zero-order valence-corrected chi connectivity index (χ0v) is 10.7. The molecule has 0 aliphatic rings. The zero-order valence-electron chi connectivity index (χ0n) is 10.7. The van der Waals surface area contributed by atoms with Crippen molar-refractivity contribution in [3.05, 3.63) is 36.4 Å². The van der Waals surface area contributed by atoms with E-state index in [4.69, 9.17) is 0 Å². The molecule has 0 aliphatic heterocycles. The van der Waals surface area contributed by atoms with E-state index in [2.05, 4.69) is 43.9 Å². The van der Waals surface area contributed by atoms with Gasteiger partial charge in [-0.15, -0.1) is 0 Å². The van der Waals surface area contributed by atoms with Crippen LogP contribution in [0, 0.1) is 0 Å². The van der Waals surface area contributed by atoms with Crippen molar-refractivity contribution in [2.45, 2.75) is 26.3 Å². The molecule has 0 saturated carbocycles. The highest BCUT2D eigenvalue weighted by Gasteiger charge is 2.10. The van der Waals surface area contributed by atoms with E-state index in [1.807, 2.05) is 16.8 Å². The summed E-state index contributed by atoms with van der Waals surface area (Å²) in [5.41, 5.74) is 1.98. The first-order valence-corrected chi connectivity index (χ1v) is 6.07. The molecule has 7 heteroatoms. The number of nitrogens with one attached hydrogen (secondary N) is 1. The molecule has 3 aromatic rings. The van der Waals surface area contributed by atoms with Crippen LogP contribution in [-0.4, -0.2) is 24.7 Å². The van der Waals surface area contributed by atoms with Crippen LogP contribution in [0.4, 0.5) is 5.82 Å². The molecule has 19 heavy (non-hydrogen) atoms. The monoisotopic (exact) mass is 258 g/mol. The Balaban J connectivity index is 1.90. The molecule has 3 rings (SSSR count). The molecule has 0 aliphatic carbocycles. The molecule has 0 amide bonds. The lowest BCUT2D eigenvalue weighted by atomic mass is 10.1. The van der Waals surface area contributed by atoms with Gasteiger partial charge in [0.1, 0.15) is 5.52 Å². The second kappa shape index (κ2) is 4.68. The number of nitrogens with zero attached hydrogens (tertiary/aromatic N) is 5. The van der Waals surface area contributed by atoms with E-state index >= 15 is 0 Å². The van der Waals surface area contributed by atoms with Crippen LogP contribution in [0.15, 0.2) is 29.4 Å². The predicted octanol–water partition coefficient (Wildman–Crippen LogP) is 1.85. The van der Waals surface area contributed by atoms with Crippen LogP contribution in [0.25, 0.3) is 5.52 Å². The van der Waals surface area contributed by atoms with Gasteiger partial charge < -0.3 is 9.84 Å². The molecule has 0 saturated heterocycles. The highest BCUT2D eigenvalue weighted by Crippen LogP contribution is 2.19. The first-order valence-electron chi connectivity index (χ1n) is 6.07. The summed E-state index contributed by atoms with van der Waals surface area (Å²) in [5, 5.41) is 11.4. The number of aromatic nitrogens is 5. The number of anilines is 1. The number of rotatable bonds is 4. The first kappa shape index (κ1) is 11.6. The van der Waals surface area contributed by atoms with Crippen LogP contribution in [0.5, 0.6) is 0 Å². The van der Waals surface area contributed by atoms with Crippen LogP contribution in [0.1, 0.15) is 31.3 Å². The third kappa shape index (κ3) is 2.26. The molecule has 0 spiro atoms. The van der Waals surface area contributed by atoms with Gasteiger partial charge in [0, 0.05) is 12.4 Å². The lowest BCUT2D eigenvalue weighted by Gasteiger charge is -2.03. The highest BCUT2D eigenvalue weighted by molar-refractivity contribution is 5.67. The second-order valence-electron chi connectivity index (χ2n) is 4.53. The van der Waals surface area contributed by atoms with Crippen molar-refractivity contribution in [3.8, 4) is 0 Å². The SMILES string of the molecule is CC(C)c1cc2c(NCc3ncon3)nccn2n1. The topological polar surface area (TPSA) is 81.1 Å². The molecule has 0 aromatic carbocycles. The van der Waals surface area contributed by atoms with Gasteiger partial charge in [0.2, 0.25) is 6.39 Å². The van der Waals surface area contributed by atoms with Crippen molar-refractivity contribution in [2.75, 3.05) is 5.32 Å². The van der Waals surface area contributed by atoms with E-state index in [0.29, 0.717) is 18.3 Å². The first-order chi connectivity index (χ1) is 9.24. The maximum atomic E-state index is 4.69. The standard InChI is InChI=1S/C12H14N6O/c1-8(2)9-5-10-12(13-3-4-18(10)16-9)14-6-11-15-7-19-17-11/h3-5,7-8H,6H2,1-2H3,(H,13,14). The van der Waals surface area contributed by atoms with Gasteiger partial charge in [0.25, 0.3) is 0 Å². The molecule has 0 atom stereocenters. The molecule has 0 fully saturated rings. The molecule has 0 unspecified atom stereocenters. The summed E-state index contributed by atoms with van der Waals surface area (Å²) >= 11 is 0. The Labute approximate surface area is 109 Å². The smallest absolute Gasteiger partial charge is 0.213 e. The van der Waals surface area contributed by atoms with Crippen LogP contribution < -0.4 is 5.32 Å². The zero-order chi connectivity index (χ0) is 13.2. The Hall–Kier alpha value is -2.44. The van der Waals surface area contributed by atoms with Gasteiger partial charge in [-0.25, -0.2) is 9.50 Å². The molecule has 3 heterocycles. The summed E-state index contributed by atoms with van der Waals surface area (Å²) in [6.45, 7) is 4.69. The molecule has 0 radical (unpaired) electrons. The minimum absolute atomic E-state index is 0.380. The molecule has 7 nitrogen and oxygen atoms in total. The minimum atomic E-state index is 0.380. The van der Waals surface area contributed by atoms with E-state index in [9.17, 15) is 0 Å². The molecular formula is C12H14N6O. The van der Waals surface area contributed by atoms with Gasteiger partial charge >= 0.3 is 0 Å². The summed E-state index contributed by atoms with van der Waals surface area (Å²) in [5.74, 6) is 1.73. The molecule has 1 N–H and O–H groups in total. The predicted molar refractivity (Wildman–Crippen MR) is 68.7 cm³/mol. The third-order valence-electron chi connectivity index (χ3n) is 2.82. The quantitative estimate of drug-likeness (QED) is 0.769. The Morgan fingerprint density at radius 2 is 2.26 bits per heavy atom. The summed E-state index contributed by atoms with van der Waals surface area (Å²) in [7, 11) is 0. The Bertz CT molecular complexity index is 673. The molecule has 3 aromatic heterocycles. The number of fused-ring (bicyclic) bond motifs is 1. The lowest BCUT2D eigenvalue weighted by Crippen LogP contribution is -2.04. The van der Waals surface area contributed by atoms with Crippen molar-refractivity contribution < 1.29 is 4.52 Å². The van der Waals surface area contributed by atoms with Crippen LogP contribution in [0.3, 0.4) is 0 Å². The Morgan fingerprint density at radius 3 is 3.00 bits per heavy atom. The van der Waals surface area contributed by atoms with Crippen LogP contribution >= 0.6 is 0 Å². The van der Waals surface area contributed by atoms with Gasteiger partial charge in [-0.2, -0.15) is 10.1 Å². The molecular weight excluding hydrogens is 244 g/mol. The fraction of sp³-hybridized carbons (Fsp3) is 0.333. The minimum Gasteiger partial charge on any atom is -0.361 e. The van der Waals surface area contributed by atoms with E-state index in [0.717, 1.165) is 17.0 Å². The largest absolute Gasteiger partial charge is 0.361 e. The number of hydrogen-bond donors (Lipinski definition) is 1. The number of hydrogen-bond acceptors (Lipinski definition) is 6. The van der Waals surface area contributed by atoms with Gasteiger partial charge in [-0.3, -0.25) is 0 Å². The third-order valence-corrected chi connectivity index (χ3v) is 2.82. The summed E-state index contributed by atoms with van der Waals surface area (Å²) < 4.78 is 6.51. The highest BCUT2D eigenvalue weighted by atomic mass is 16.5. The average Bonchev–Trinajstić information content (AvgIpc) is 3.05. The van der Waals surface area contributed by atoms with Gasteiger partial charge in [0.15, 0.2) is 11.6 Å². The van der Waals surface area contributed by atoms with Crippen molar-refractivity contribution >= 4 is 11.3 Å². The second-order valence-corrected chi connectivity index (χ2v) is 4.53. The average molecular weight is 258 g/mol. The van der Waals surface area contributed by atoms with Gasteiger partial charge in [-0.1, -0.05) is 19.0 Å². The summed E-state index contributed by atoms with van der Waals surface area (Å²) in [4.78, 5) is 8.28. The van der Waals surface area contributed by atoms with E-state index in [-0.39, 0.29) is 0 Å². The Kier molecular flexibility index (Phi) is 2.86. The fourth-order valence-electron chi connectivity index (χ4n) is 1.79. The summed E-state index contributed by atoms with van der Waals surface area (Å²) in [6.07, 6.45) is 4.85. The van der Waals surface area contributed by atoms with E-state index < -0.39 is 0 Å². The van der Waals surface area contributed by atoms with Crippen molar-refractivity contribution in [2.24, 2.45) is 0 Å². The lowest BCUT2D eigenvalue weighted by molar-refractivity contribution is 0.411. The molecule has 0 bridgehead atoms. The van der Waals surface area contributed by atoms with E-state index in [1.54, 1.807) is 6.20 Å². The Morgan fingerprint density at radius 1 is 1.37 bits per heavy atom. The van der Waals surface area contributed by atoms with Crippen LogP contribution in [-0.2, 0) is 6.54 Å². The van der Waals surface area contributed by atoms with Gasteiger partial charge in [-0.05, 0) is 12.0 Å². The fourth-order valence-corrected chi connectivity index (χ4v) is 1.79. The van der Waals surface area contributed by atoms with Crippen molar-refractivity contribution in [1.82, 2.24) is 24.7 Å². The maximum absolute atomic E-state index is 4.69. The maximum Gasteiger partial charge on any atom is 0.213 e. The van der Waals surface area contributed by atoms with Crippen molar-refractivity contribution in [1.29, 1.82) is 0 Å². The normalized spacial score (nSPS) is 11.3. The van der Waals surface area contributed by atoms with Crippen molar-refractivity contribution in [3.63, 3.8) is 0 Å². The summed E-state index contributed by atoms with van der Waals surface area (Å²) in [6, 6.07) is 2.04. The van der Waals surface area contributed by atoms with Crippen LogP contribution in [0.2, 0.25) is 0 Å².